The van der Waals surface area contributed by atoms with Crippen molar-refractivity contribution >= 4 is 22.8 Å². The predicted octanol–water partition coefficient (Wildman–Crippen LogP) is 3.62. The third-order valence-corrected chi connectivity index (χ3v) is 5.83. The van der Waals surface area contributed by atoms with Gasteiger partial charge in [0.05, 0.1) is 28.9 Å². The molecular formula is C25H28N4O3. The molecule has 0 unspecified atom stereocenters. The monoisotopic (exact) mass is 432 g/mol. The van der Waals surface area contributed by atoms with Gasteiger partial charge in [-0.15, -0.1) is 0 Å². The minimum Gasteiger partial charge on any atom is -0.493 e. The summed E-state index contributed by atoms with van der Waals surface area (Å²) in [7, 11) is 0. The average Bonchev–Trinajstić information content (AvgIpc) is 3.35. The van der Waals surface area contributed by atoms with Crippen LogP contribution in [-0.4, -0.2) is 53.7 Å². The number of carbonyl (C=O) groups excluding carboxylic acids is 1. The number of aromatic nitrogens is 2. The molecule has 0 aliphatic carbocycles. The van der Waals surface area contributed by atoms with Gasteiger partial charge in [-0.25, -0.2) is 0 Å². The van der Waals surface area contributed by atoms with Gasteiger partial charge in [0.25, 0.3) is 0 Å². The summed E-state index contributed by atoms with van der Waals surface area (Å²) in [5.74, 6) is 1.97. The van der Waals surface area contributed by atoms with Gasteiger partial charge in [0.15, 0.2) is 5.76 Å². The highest BCUT2D eigenvalue weighted by Gasteiger charge is 2.32. The normalized spacial score (nSPS) is 17.8. The Morgan fingerprint density at radius 2 is 2.00 bits per heavy atom. The van der Waals surface area contributed by atoms with E-state index in [2.05, 4.69) is 34.3 Å². The molecule has 7 nitrogen and oxygen atoms in total. The fourth-order valence-electron chi connectivity index (χ4n) is 4.14. The second kappa shape index (κ2) is 8.76. The molecule has 2 aliphatic heterocycles. The van der Waals surface area contributed by atoms with Crippen molar-refractivity contribution < 1.29 is 14.3 Å². The lowest BCUT2D eigenvalue weighted by molar-refractivity contribution is 0.101. The van der Waals surface area contributed by atoms with E-state index in [4.69, 9.17) is 9.47 Å². The SMILES string of the molecule is CC(C)COc1ccc2c(c1CN1CCNCC1)O/C(=C\c1n[nH]c3ccccc13)C2=O. The molecule has 3 heterocycles. The molecule has 0 saturated carbocycles. The van der Waals surface area contributed by atoms with Crippen LogP contribution in [0.1, 0.15) is 35.5 Å². The van der Waals surface area contributed by atoms with Gasteiger partial charge in [0, 0.05) is 44.2 Å². The van der Waals surface area contributed by atoms with Crippen LogP contribution in [0, 0.1) is 5.92 Å². The number of nitrogens with one attached hydrogen (secondary N) is 2. The lowest BCUT2D eigenvalue weighted by Crippen LogP contribution is -2.43. The third-order valence-electron chi connectivity index (χ3n) is 5.83. The Labute approximate surface area is 187 Å². The highest BCUT2D eigenvalue weighted by Crippen LogP contribution is 2.41. The van der Waals surface area contributed by atoms with E-state index in [1.807, 2.05) is 36.4 Å². The van der Waals surface area contributed by atoms with E-state index in [9.17, 15) is 4.79 Å². The van der Waals surface area contributed by atoms with Crippen molar-refractivity contribution in [2.45, 2.75) is 20.4 Å². The highest BCUT2D eigenvalue weighted by molar-refractivity contribution is 6.15. The van der Waals surface area contributed by atoms with Crippen LogP contribution in [0.2, 0.25) is 0 Å². The van der Waals surface area contributed by atoms with Gasteiger partial charge in [-0.1, -0.05) is 32.0 Å². The zero-order chi connectivity index (χ0) is 22.1. The van der Waals surface area contributed by atoms with Crippen molar-refractivity contribution in [3.8, 4) is 11.5 Å². The number of rotatable bonds is 6. The van der Waals surface area contributed by atoms with E-state index in [0.29, 0.717) is 41.8 Å². The molecule has 1 saturated heterocycles. The molecule has 0 spiro atoms. The largest absolute Gasteiger partial charge is 0.493 e. The van der Waals surface area contributed by atoms with Gasteiger partial charge in [0.2, 0.25) is 5.78 Å². The van der Waals surface area contributed by atoms with E-state index < -0.39 is 0 Å². The van der Waals surface area contributed by atoms with Crippen LogP contribution in [0.3, 0.4) is 0 Å². The van der Waals surface area contributed by atoms with Crippen molar-refractivity contribution in [3.05, 3.63) is 59.0 Å². The van der Waals surface area contributed by atoms with E-state index in [1.165, 1.54) is 0 Å². The molecule has 0 atom stereocenters. The number of aromatic amines is 1. The number of carbonyl (C=O) groups is 1. The number of H-pyrrole nitrogens is 1. The van der Waals surface area contributed by atoms with Crippen LogP contribution >= 0.6 is 0 Å². The van der Waals surface area contributed by atoms with E-state index in [0.717, 1.165) is 48.4 Å². The van der Waals surface area contributed by atoms with Gasteiger partial charge < -0.3 is 14.8 Å². The number of ether oxygens (including phenoxy) is 2. The van der Waals surface area contributed by atoms with Crippen LogP contribution < -0.4 is 14.8 Å². The molecule has 7 heteroatoms. The average molecular weight is 433 g/mol. The van der Waals surface area contributed by atoms with Gasteiger partial charge in [0.1, 0.15) is 11.5 Å². The maximum atomic E-state index is 13.2. The number of piperazine rings is 1. The first kappa shape index (κ1) is 20.7. The number of hydrogen-bond donors (Lipinski definition) is 2. The second-order valence-electron chi connectivity index (χ2n) is 8.74. The van der Waals surface area contributed by atoms with Crippen LogP contribution in [0.25, 0.3) is 17.0 Å². The summed E-state index contributed by atoms with van der Waals surface area (Å²) in [6, 6.07) is 11.6. The van der Waals surface area contributed by atoms with Crippen molar-refractivity contribution in [2.75, 3.05) is 32.8 Å². The number of benzene rings is 2. The Morgan fingerprint density at radius 1 is 1.19 bits per heavy atom. The lowest BCUT2D eigenvalue weighted by Gasteiger charge is -2.28. The van der Waals surface area contributed by atoms with Gasteiger partial charge in [-0.2, -0.15) is 5.10 Å². The summed E-state index contributed by atoms with van der Waals surface area (Å²) >= 11 is 0. The molecule has 1 fully saturated rings. The maximum absolute atomic E-state index is 13.2. The van der Waals surface area contributed by atoms with Crippen LogP contribution in [0.4, 0.5) is 0 Å². The topological polar surface area (TPSA) is 79.5 Å². The minimum atomic E-state index is -0.121. The molecular weight excluding hydrogens is 404 g/mol. The number of para-hydroxylation sites is 1. The Hall–Kier alpha value is -3.16. The molecule has 1 aromatic heterocycles. The first-order chi connectivity index (χ1) is 15.6. The molecule has 2 aliphatic rings. The number of allylic oxidation sites excluding steroid dienone is 1. The van der Waals surface area contributed by atoms with Crippen LogP contribution in [-0.2, 0) is 6.54 Å². The quantitative estimate of drug-likeness (QED) is 0.579. The van der Waals surface area contributed by atoms with Crippen molar-refractivity contribution in [1.29, 1.82) is 0 Å². The fourth-order valence-corrected chi connectivity index (χ4v) is 4.14. The van der Waals surface area contributed by atoms with Gasteiger partial charge in [-0.3, -0.25) is 14.8 Å². The maximum Gasteiger partial charge on any atom is 0.232 e. The standard InChI is InChI=1S/C25H28N4O3/c1-16(2)15-31-22-8-7-18-24(30)23(13-21-17-5-3-4-6-20(17)27-28-21)32-25(18)19(22)14-29-11-9-26-10-12-29/h3-8,13,16,26H,9-12,14-15H2,1-2H3,(H,27,28)/b23-13-. The number of ketones is 1. The molecule has 0 radical (unpaired) electrons. The first-order valence-corrected chi connectivity index (χ1v) is 11.2. The zero-order valence-electron chi connectivity index (χ0n) is 18.5. The number of Topliss-reactive ketones (excluding diaryl/α,β-unsaturated/α-hetero) is 1. The van der Waals surface area contributed by atoms with E-state index in [-0.39, 0.29) is 5.78 Å². The Balaban J connectivity index is 1.50. The van der Waals surface area contributed by atoms with E-state index in [1.54, 1.807) is 6.08 Å². The highest BCUT2D eigenvalue weighted by atomic mass is 16.5. The zero-order valence-corrected chi connectivity index (χ0v) is 18.5. The molecule has 166 valence electrons. The summed E-state index contributed by atoms with van der Waals surface area (Å²) in [6.07, 6.45) is 1.73. The van der Waals surface area contributed by atoms with Crippen molar-refractivity contribution in [3.63, 3.8) is 0 Å². The lowest BCUT2D eigenvalue weighted by atomic mass is 10.0. The molecule has 5 rings (SSSR count). The Morgan fingerprint density at radius 3 is 2.81 bits per heavy atom. The summed E-state index contributed by atoms with van der Waals surface area (Å²) < 4.78 is 12.3. The molecule has 0 bridgehead atoms. The summed E-state index contributed by atoms with van der Waals surface area (Å²) in [4.78, 5) is 15.6. The van der Waals surface area contributed by atoms with Gasteiger partial charge >= 0.3 is 0 Å². The molecule has 3 aromatic rings. The third kappa shape index (κ3) is 4.01. The summed E-state index contributed by atoms with van der Waals surface area (Å²) in [5.41, 5.74) is 3.13. The smallest absolute Gasteiger partial charge is 0.232 e. The second-order valence-corrected chi connectivity index (χ2v) is 8.74. The number of fused-ring (bicyclic) bond motifs is 2. The minimum absolute atomic E-state index is 0.121. The van der Waals surface area contributed by atoms with Crippen LogP contribution in [0.15, 0.2) is 42.2 Å². The summed E-state index contributed by atoms with van der Waals surface area (Å²) in [6.45, 7) is 9.35. The fraction of sp³-hybridized carbons (Fsp3) is 0.360. The first-order valence-electron chi connectivity index (χ1n) is 11.2. The Bertz CT molecular complexity index is 1180. The van der Waals surface area contributed by atoms with Crippen molar-refractivity contribution in [1.82, 2.24) is 20.4 Å². The predicted molar refractivity (Wildman–Crippen MR) is 124 cm³/mol. The van der Waals surface area contributed by atoms with Gasteiger partial charge in [-0.05, 0) is 24.1 Å². The molecule has 0 amide bonds. The van der Waals surface area contributed by atoms with Crippen molar-refractivity contribution in [2.24, 2.45) is 5.92 Å². The molecule has 2 aromatic carbocycles. The summed E-state index contributed by atoms with van der Waals surface area (Å²) in [5, 5.41) is 11.7. The molecule has 2 N–H and O–H groups in total. The molecule has 32 heavy (non-hydrogen) atoms. The number of hydrogen-bond acceptors (Lipinski definition) is 6. The van der Waals surface area contributed by atoms with Crippen LogP contribution in [0.5, 0.6) is 11.5 Å². The van der Waals surface area contributed by atoms with E-state index >= 15 is 0 Å². The Kier molecular flexibility index (Phi) is 5.68. The number of nitrogens with zero attached hydrogens (tertiary/aromatic N) is 2.